The zero-order valence-corrected chi connectivity index (χ0v) is 17.3. The van der Waals surface area contributed by atoms with Gasteiger partial charge in [-0.1, -0.05) is 23.2 Å². The summed E-state index contributed by atoms with van der Waals surface area (Å²) in [6.07, 6.45) is 0. The maximum absolute atomic E-state index is 13.2. The van der Waals surface area contributed by atoms with Gasteiger partial charge in [-0.3, -0.25) is 10.1 Å². The fraction of sp³-hybridized carbons (Fsp3) is 0.158. The molecule has 0 spiro atoms. The predicted octanol–water partition coefficient (Wildman–Crippen LogP) is 5.92. The number of halogens is 4. The van der Waals surface area contributed by atoms with Crippen molar-refractivity contribution >= 4 is 47.0 Å². The first-order valence-electron chi connectivity index (χ1n) is 8.36. The Hall–Kier alpha value is -2.32. The Kier molecular flexibility index (Phi) is 8.28. The third-order valence-corrected chi connectivity index (χ3v) is 4.55. The molecule has 0 fully saturated rings. The van der Waals surface area contributed by atoms with E-state index in [2.05, 4.69) is 10.6 Å². The summed E-state index contributed by atoms with van der Waals surface area (Å²) in [6.45, 7) is 1.69. The van der Waals surface area contributed by atoms with Gasteiger partial charge in [0, 0.05) is 30.8 Å². The van der Waals surface area contributed by atoms with E-state index in [9.17, 15) is 14.5 Å². The van der Waals surface area contributed by atoms with E-state index in [1.165, 1.54) is 24.3 Å². The number of hydrogen-bond acceptors (Lipinski definition) is 5. The van der Waals surface area contributed by atoms with E-state index in [-0.39, 0.29) is 23.1 Å². The summed E-state index contributed by atoms with van der Waals surface area (Å²) in [7, 11) is 0. The maximum Gasteiger partial charge on any atom is 0.271 e. The van der Waals surface area contributed by atoms with Gasteiger partial charge in [0.1, 0.15) is 17.3 Å². The molecule has 0 atom stereocenters. The minimum Gasteiger partial charge on any atom is -0.460 e. The standard InChI is InChI=1S/C19H16Cl2FN3O3.ClH/c20-15-9-12(1-4-17(15)22)19-6-3-14(28-19)11-23-7-8-24-18-5-2-13(25(26)27)10-16(18)21;/h1-6,9-10,23-24H,7-8,11H2;1H. The van der Waals surface area contributed by atoms with Crippen molar-refractivity contribution in [3.8, 4) is 11.3 Å². The third-order valence-electron chi connectivity index (χ3n) is 3.95. The van der Waals surface area contributed by atoms with Gasteiger partial charge in [0.2, 0.25) is 0 Å². The molecule has 0 aliphatic heterocycles. The summed E-state index contributed by atoms with van der Waals surface area (Å²) < 4.78 is 19.0. The van der Waals surface area contributed by atoms with E-state index in [4.69, 9.17) is 27.6 Å². The largest absolute Gasteiger partial charge is 0.460 e. The van der Waals surface area contributed by atoms with Crippen LogP contribution >= 0.6 is 35.6 Å². The Morgan fingerprint density at radius 3 is 2.52 bits per heavy atom. The molecule has 10 heteroatoms. The molecule has 3 rings (SSSR count). The molecule has 1 heterocycles. The van der Waals surface area contributed by atoms with Crippen molar-refractivity contribution in [1.82, 2.24) is 5.32 Å². The number of nitrogens with one attached hydrogen (secondary N) is 2. The van der Waals surface area contributed by atoms with Crippen LogP contribution in [0.1, 0.15) is 5.76 Å². The quantitative estimate of drug-likeness (QED) is 0.248. The second-order valence-corrected chi connectivity index (χ2v) is 6.73. The van der Waals surface area contributed by atoms with Crippen LogP contribution < -0.4 is 10.6 Å². The number of rotatable bonds is 8. The van der Waals surface area contributed by atoms with Gasteiger partial charge in [-0.2, -0.15) is 0 Å². The summed E-state index contributed by atoms with van der Waals surface area (Å²) in [4.78, 5) is 10.2. The molecule has 6 nitrogen and oxygen atoms in total. The molecule has 29 heavy (non-hydrogen) atoms. The molecule has 3 aromatic rings. The van der Waals surface area contributed by atoms with Gasteiger partial charge < -0.3 is 15.1 Å². The molecule has 0 aliphatic carbocycles. The molecule has 2 N–H and O–H groups in total. The highest BCUT2D eigenvalue weighted by atomic mass is 35.5. The second-order valence-electron chi connectivity index (χ2n) is 5.92. The van der Waals surface area contributed by atoms with Gasteiger partial charge in [-0.25, -0.2) is 4.39 Å². The molecule has 0 saturated heterocycles. The van der Waals surface area contributed by atoms with Crippen LogP contribution in [0.3, 0.4) is 0 Å². The Labute approximate surface area is 182 Å². The van der Waals surface area contributed by atoms with Crippen LogP contribution in [-0.4, -0.2) is 18.0 Å². The topological polar surface area (TPSA) is 80.3 Å². The van der Waals surface area contributed by atoms with Crippen molar-refractivity contribution in [3.63, 3.8) is 0 Å². The van der Waals surface area contributed by atoms with Gasteiger partial charge >= 0.3 is 0 Å². The van der Waals surface area contributed by atoms with Crippen molar-refractivity contribution in [2.75, 3.05) is 18.4 Å². The molecule has 154 valence electrons. The van der Waals surface area contributed by atoms with E-state index in [0.717, 1.165) is 5.76 Å². The zero-order chi connectivity index (χ0) is 20.1. The number of hydrogen-bond donors (Lipinski definition) is 2. The molecule has 0 saturated carbocycles. The monoisotopic (exact) mass is 459 g/mol. The summed E-state index contributed by atoms with van der Waals surface area (Å²) in [5.74, 6) is 0.859. The maximum atomic E-state index is 13.2. The van der Waals surface area contributed by atoms with Crippen LogP contribution in [0.25, 0.3) is 11.3 Å². The van der Waals surface area contributed by atoms with Gasteiger partial charge in [0.05, 0.1) is 27.2 Å². The Balaban J connectivity index is 0.00000300. The Bertz CT molecular complexity index is 998. The lowest BCUT2D eigenvalue weighted by Crippen LogP contribution is -2.21. The van der Waals surface area contributed by atoms with Crippen LogP contribution in [-0.2, 0) is 6.54 Å². The average Bonchev–Trinajstić information content (AvgIpc) is 3.13. The Morgan fingerprint density at radius 1 is 1.03 bits per heavy atom. The molecule has 0 unspecified atom stereocenters. The summed E-state index contributed by atoms with van der Waals surface area (Å²) in [5.41, 5.74) is 1.28. The highest BCUT2D eigenvalue weighted by Gasteiger charge is 2.09. The number of nitro benzene ring substituents is 1. The Morgan fingerprint density at radius 2 is 1.83 bits per heavy atom. The lowest BCUT2D eigenvalue weighted by Gasteiger charge is -2.08. The minimum absolute atomic E-state index is 0. The molecule has 0 amide bonds. The first kappa shape index (κ1) is 23.0. The molecular weight excluding hydrogens is 444 g/mol. The number of nitro groups is 1. The van der Waals surface area contributed by atoms with E-state index in [1.807, 2.05) is 6.07 Å². The van der Waals surface area contributed by atoms with Crippen LogP contribution in [0, 0.1) is 15.9 Å². The summed E-state index contributed by atoms with van der Waals surface area (Å²) in [6, 6.07) is 12.3. The smallest absolute Gasteiger partial charge is 0.271 e. The fourth-order valence-electron chi connectivity index (χ4n) is 2.54. The lowest BCUT2D eigenvalue weighted by molar-refractivity contribution is -0.384. The number of non-ortho nitro benzene ring substituents is 1. The van der Waals surface area contributed by atoms with Crippen molar-refractivity contribution in [1.29, 1.82) is 0 Å². The van der Waals surface area contributed by atoms with E-state index < -0.39 is 10.7 Å². The molecule has 0 bridgehead atoms. The highest BCUT2D eigenvalue weighted by molar-refractivity contribution is 6.33. The van der Waals surface area contributed by atoms with E-state index in [1.54, 1.807) is 18.2 Å². The fourth-order valence-corrected chi connectivity index (χ4v) is 2.96. The summed E-state index contributed by atoms with van der Waals surface area (Å²) >= 11 is 11.8. The van der Waals surface area contributed by atoms with Gasteiger partial charge in [0.25, 0.3) is 5.69 Å². The molecule has 2 aromatic carbocycles. The number of nitrogens with zero attached hydrogens (tertiary/aromatic N) is 1. The van der Waals surface area contributed by atoms with Gasteiger partial charge in [0.15, 0.2) is 0 Å². The van der Waals surface area contributed by atoms with Gasteiger partial charge in [-0.15, -0.1) is 12.4 Å². The van der Waals surface area contributed by atoms with Crippen LogP contribution in [0.15, 0.2) is 52.9 Å². The van der Waals surface area contributed by atoms with Crippen molar-refractivity contribution in [2.45, 2.75) is 6.54 Å². The third kappa shape index (κ3) is 6.08. The molecule has 0 aliphatic rings. The highest BCUT2D eigenvalue weighted by Crippen LogP contribution is 2.27. The van der Waals surface area contributed by atoms with Crippen molar-refractivity contribution < 1.29 is 13.7 Å². The number of benzene rings is 2. The normalized spacial score (nSPS) is 10.4. The van der Waals surface area contributed by atoms with E-state index in [0.29, 0.717) is 41.7 Å². The number of furan rings is 1. The predicted molar refractivity (Wildman–Crippen MR) is 115 cm³/mol. The number of anilines is 1. The SMILES string of the molecule is Cl.O=[N+]([O-])c1ccc(NCCNCc2ccc(-c3ccc(F)c(Cl)c3)o2)c(Cl)c1. The lowest BCUT2D eigenvalue weighted by atomic mass is 10.2. The summed E-state index contributed by atoms with van der Waals surface area (Å²) in [5, 5.41) is 17.4. The minimum atomic E-state index is -0.491. The first-order chi connectivity index (χ1) is 13.4. The first-order valence-corrected chi connectivity index (χ1v) is 9.12. The average molecular weight is 461 g/mol. The molecule has 1 aromatic heterocycles. The van der Waals surface area contributed by atoms with Crippen LogP contribution in [0.4, 0.5) is 15.8 Å². The van der Waals surface area contributed by atoms with Crippen molar-refractivity contribution in [3.05, 3.63) is 80.3 Å². The van der Waals surface area contributed by atoms with Crippen LogP contribution in [0.2, 0.25) is 10.0 Å². The van der Waals surface area contributed by atoms with Gasteiger partial charge in [-0.05, 0) is 36.4 Å². The molecular formula is C19H17Cl3FN3O3. The van der Waals surface area contributed by atoms with Crippen LogP contribution in [0.5, 0.6) is 0 Å². The molecule has 0 radical (unpaired) electrons. The van der Waals surface area contributed by atoms with E-state index >= 15 is 0 Å². The van der Waals surface area contributed by atoms with Crippen molar-refractivity contribution in [2.24, 2.45) is 0 Å². The zero-order valence-electron chi connectivity index (χ0n) is 15.0. The second kappa shape index (κ2) is 10.5.